The number of ether oxygens (including phenoxy) is 1. The van der Waals surface area contributed by atoms with Crippen LogP contribution in [0.5, 0.6) is 0 Å². The maximum Gasteiger partial charge on any atom is 0.255 e. The monoisotopic (exact) mass is 428 g/mol. The van der Waals surface area contributed by atoms with Crippen LogP contribution in [0, 0.1) is 18.3 Å². The van der Waals surface area contributed by atoms with Crippen LogP contribution in [0.2, 0.25) is 10.0 Å². The molecule has 2 heterocycles. The molecule has 148 valence electrons. The quantitative estimate of drug-likeness (QED) is 0.680. The number of H-pyrrole nitrogens is 1. The number of aromatic nitrogens is 2. The number of halogens is 2. The number of amides is 1. The first-order valence-electron chi connectivity index (χ1n) is 9.21. The van der Waals surface area contributed by atoms with E-state index in [1.165, 1.54) is 0 Å². The number of rotatable bonds is 3. The number of carbonyl (C=O) groups excluding carboxylic acids is 1. The lowest BCUT2D eigenvalue weighted by Crippen LogP contribution is -2.40. The number of morpholine rings is 1. The third-order valence-corrected chi connectivity index (χ3v) is 5.80. The second-order valence-corrected chi connectivity index (χ2v) is 7.74. The first-order chi connectivity index (χ1) is 14.0. The fraction of sp³-hybridized carbons (Fsp3) is 0.286. The van der Waals surface area contributed by atoms with Gasteiger partial charge in [-0.15, -0.1) is 0 Å². The van der Waals surface area contributed by atoms with E-state index in [0.717, 1.165) is 16.6 Å². The lowest BCUT2D eigenvalue weighted by atomic mass is 10.1. The molecule has 1 aliphatic rings. The highest BCUT2D eigenvalue weighted by molar-refractivity contribution is 6.38. The van der Waals surface area contributed by atoms with Crippen molar-refractivity contribution in [2.75, 3.05) is 26.3 Å². The van der Waals surface area contributed by atoms with Crippen molar-refractivity contribution in [3.63, 3.8) is 0 Å². The summed E-state index contributed by atoms with van der Waals surface area (Å²) in [6.45, 7) is 4.03. The summed E-state index contributed by atoms with van der Waals surface area (Å²) in [4.78, 5) is 22.5. The molecule has 0 aliphatic carbocycles. The largest absolute Gasteiger partial charge is 0.378 e. The van der Waals surface area contributed by atoms with E-state index in [4.69, 9.17) is 33.2 Å². The van der Waals surface area contributed by atoms with Crippen LogP contribution in [0.25, 0.3) is 11.0 Å². The van der Waals surface area contributed by atoms with Gasteiger partial charge in [-0.25, -0.2) is 4.98 Å². The summed E-state index contributed by atoms with van der Waals surface area (Å²) in [5.41, 5.74) is 4.13. The van der Waals surface area contributed by atoms with Crippen molar-refractivity contribution < 1.29 is 9.53 Å². The topological polar surface area (TPSA) is 82.0 Å². The highest BCUT2D eigenvalue weighted by Crippen LogP contribution is 2.31. The number of nitriles is 1. The Morgan fingerprint density at radius 1 is 1.31 bits per heavy atom. The van der Waals surface area contributed by atoms with Crippen molar-refractivity contribution in [2.24, 2.45) is 0 Å². The van der Waals surface area contributed by atoms with E-state index in [1.54, 1.807) is 29.2 Å². The average molecular weight is 429 g/mol. The zero-order valence-electron chi connectivity index (χ0n) is 15.8. The van der Waals surface area contributed by atoms with Gasteiger partial charge in [-0.1, -0.05) is 23.2 Å². The molecular formula is C21H18Cl2N4O2. The standard InChI is InChI=1S/C21H18Cl2N4O2/c1-12-8-13(11-24)9-17-20(12)26-18(25-17)10-15-16(22)3-2-14(19(15)23)21(28)27-4-6-29-7-5-27/h2-3,8-9H,4-7,10H2,1H3,(H,25,26). The van der Waals surface area contributed by atoms with E-state index >= 15 is 0 Å². The lowest BCUT2D eigenvalue weighted by Gasteiger charge is -2.27. The molecule has 1 N–H and O–H groups in total. The smallest absolute Gasteiger partial charge is 0.255 e. The fourth-order valence-corrected chi connectivity index (χ4v) is 4.10. The summed E-state index contributed by atoms with van der Waals surface area (Å²) < 4.78 is 5.31. The molecule has 1 saturated heterocycles. The molecule has 1 aromatic heterocycles. The molecule has 0 radical (unpaired) electrons. The molecular weight excluding hydrogens is 411 g/mol. The Bertz CT molecular complexity index is 1140. The summed E-state index contributed by atoms with van der Waals surface area (Å²) in [7, 11) is 0. The summed E-state index contributed by atoms with van der Waals surface area (Å²) in [6, 6.07) is 9.06. The Hall–Kier alpha value is -2.59. The van der Waals surface area contributed by atoms with Crippen LogP contribution in [0.15, 0.2) is 24.3 Å². The van der Waals surface area contributed by atoms with Gasteiger partial charge in [0.15, 0.2) is 0 Å². The van der Waals surface area contributed by atoms with E-state index in [0.29, 0.717) is 65.3 Å². The van der Waals surface area contributed by atoms with Crippen molar-refractivity contribution in [1.82, 2.24) is 14.9 Å². The molecule has 0 saturated carbocycles. The van der Waals surface area contributed by atoms with Gasteiger partial charge < -0.3 is 14.6 Å². The maximum atomic E-state index is 12.9. The van der Waals surface area contributed by atoms with Gasteiger partial charge in [0.05, 0.1) is 46.5 Å². The molecule has 1 amide bonds. The van der Waals surface area contributed by atoms with Crippen LogP contribution < -0.4 is 0 Å². The molecule has 8 heteroatoms. The van der Waals surface area contributed by atoms with Crippen LogP contribution >= 0.6 is 23.2 Å². The van der Waals surface area contributed by atoms with E-state index in [1.807, 2.05) is 6.92 Å². The third kappa shape index (κ3) is 3.82. The van der Waals surface area contributed by atoms with Crippen molar-refractivity contribution in [2.45, 2.75) is 13.3 Å². The van der Waals surface area contributed by atoms with E-state index in [-0.39, 0.29) is 5.91 Å². The fourth-order valence-electron chi connectivity index (χ4n) is 3.52. The number of hydrogen-bond donors (Lipinski definition) is 1. The Labute approximate surface area is 178 Å². The number of fused-ring (bicyclic) bond motifs is 1. The number of hydrogen-bond acceptors (Lipinski definition) is 4. The number of aryl methyl sites for hydroxylation is 1. The van der Waals surface area contributed by atoms with Crippen molar-refractivity contribution in [1.29, 1.82) is 5.26 Å². The zero-order valence-corrected chi connectivity index (χ0v) is 17.3. The minimum atomic E-state index is -0.129. The van der Waals surface area contributed by atoms with Crippen LogP contribution in [-0.2, 0) is 11.2 Å². The predicted octanol–water partition coefficient (Wildman–Crippen LogP) is 4.11. The molecule has 4 rings (SSSR count). The zero-order chi connectivity index (χ0) is 20.5. The van der Waals surface area contributed by atoms with Crippen LogP contribution in [0.3, 0.4) is 0 Å². The van der Waals surface area contributed by atoms with E-state index in [9.17, 15) is 4.79 Å². The van der Waals surface area contributed by atoms with Gasteiger partial charge in [0.25, 0.3) is 5.91 Å². The van der Waals surface area contributed by atoms with Crippen LogP contribution in [0.4, 0.5) is 0 Å². The van der Waals surface area contributed by atoms with Crippen LogP contribution in [0.1, 0.15) is 32.9 Å². The number of aromatic amines is 1. The highest BCUT2D eigenvalue weighted by atomic mass is 35.5. The predicted molar refractivity (Wildman–Crippen MR) is 112 cm³/mol. The molecule has 0 atom stereocenters. The molecule has 1 fully saturated rings. The van der Waals surface area contributed by atoms with Gasteiger partial charge in [0.1, 0.15) is 5.82 Å². The minimum absolute atomic E-state index is 0.129. The maximum absolute atomic E-state index is 12.9. The number of carbonyl (C=O) groups is 1. The van der Waals surface area contributed by atoms with Gasteiger partial charge in [-0.05, 0) is 42.3 Å². The van der Waals surface area contributed by atoms with E-state index < -0.39 is 0 Å². The van der Waals surface area contributed by atoms with Crippen LogP contribution in [-0.4, -0.2) is 47.1 Å². The van der Waals surface area contributed by atoms with Crippen molar-refractivity contribution in [3.8, 4) is 6.07 Å². The summed E-state index contributed by atoms with van der Waals surface area (Å²) in [5.74, 6) is 0.535. The molecule has 2 aromatic carbocycles. The Kier molecular flexibility index (Phi) is 5.46. The lowest BCUT2D eigenvalue weighted by molar-refractivity contribution is 0.0303. The van der Waals surface area contributed by atoms with Gasteiger partial charge >= 0.3 is 0 Å². The van der Waals surface area contributed by atoms with E-state index in [2.05, 4.69) is 16.0 Å². The molecule has 0 bridgehead atoms. The average Bonchev–Trinajstić information content (AvgIpc) is 3.14. The van der Waals surface area contributed by atoms with Crippen molar-refractivity contribution in [3.05, 3.63) is 62.4 Å². The molecule has 3 aromatic rings. The first kappa shape index (κ1) is 19.7. The Morgan fingerprint density at radius 2 is 2.07 bits per heavy atom. The number of nitrogens with zero attached hydrogens (tertiary/aromatic N) is 3. The summed E-state index contributed by atoms with van der Waals surface area (Å²) in [6.07, 6.45) is 0.345. The Morgan fingerprint density at radius 3 is 2.79 bits per heavy atom. The molecule has 1 aliphatic heterocycles. The molecule has 6 nitrogen and oxygen atoms in total. The highest BCUT2D eigenvalue weighted by Gasteiger charge is 2.23. The second kappa shape index (κ2) is 8.03. The molecule has 29 heavy (non-hydrogen) atoms. The van der Waals surface area contributed by atoms with Gasteiger partial charge in [-0.3, -0.25) is 4.79 Å². The Balaban J connectivity index is 1.68. The molecule has 0 spiro atoms. The number of nitrogens with one attached hydrogen (secondary N) is 1. The van der Waals surface area contributed by atoms with Gasteiger partial charge in [-0.2, -0.15) is 5.26 Å². The number of benzene rings is 2. The number of imidazole rings is 1. The summed E-state index contributed by atoms with van der Waals surface area (Å²) >= 11 is 13.0. The summed E-state index contributed by atoms with van der Waals surface area (Å²) in [5, 5.41) is 9.98. The first-order valence-corrected chi connectivity index (χ1v) is 9.96. The normalized spacial score (nSPS) is 14.2. The SMILES string of the molecule is Cc1cc(C#N)cc2[nH]c(Cc3c(Cl)ccc(C(=O)N4CCOCC4)c3Cl)nc12. The van der Waals surface area contributed by atoms with Crippen molar-refractivity contribution >= 4 is 40.1 Å². The molecule has 0 unspecified atom stereocenters. The minimum Gasteiger partial charge on any atom is -0.378 e. The van der Waals surface area contributed by atoms with Gasteiger partial charge in [0.2, 0.25) is 0 Å². The second-order valence-electron chi connectivity index (χ2n) is 6.95. The van der Waals surface area contributed by atoms with Gasteiger partial charge in [0, 0.05) is 24.5 Å². The third-order valence-electron chi connectivity index (χ3n) is 5.01.